The van der Waals surface area contributed by atoms with Gasteiger partial charge < -0.3 is 4.90 Å². The monoisotopic (exact) mass is 497 g/mol. The van der Waals surface area contributed by atoms with Gasteiger partial charge in [-0.2, -0.15) is 0 Å². The standard InChI is InChI=1S/C26H32BrN3O2/c1-5-6-7-10-17-29(25(31)18(2)3)19(4)24-28-23-12-9-8-11-22(23)26(32)30(24)21-15-13-20(27)14-16-21/h8-9,11-16,18-19H,5-7,10,17H2,1-4H3. The third-order valence-electron chi connectivity index (χ3n) is 5.76. The fourth-order valence-electron chi connectivity index (χ4n) is 3.94. The van der Waals surface area contributed by atoms with Gasteiger partial charge in [0.15, 0.2) is 0 Å². The number of carbonyl (C=O) groups is 1. The summed E-state index contributed by atoms with van der Waals surface area (Å²) < 4.78 is 2.59. The van der Waals surface area contributed by atoms with Crippen LogP contribution in [0, 0.1) is 5.92 Å². The lowest BCUT2D eigenvalue weighted by molar-refractivity contribution is -0.137. The molecule has 5 nitrogen and oxygen atoms in total. The number of halogens is 1. The summed E-state index contributed by atoms with van der Waals surface area (Å²) >= 11 is 3.47. The predicted molar refractivity (Wildman–Crippen MR) is 134 cm³/mol. The van der Waals surface area contributed by atoms with Crippen LogP contribution < -0.4 is 5.56 Å². The van der Waals surface area contributed by atoms with Crippen LogP contribution in [0.1, 0.15) is 65.2 Å². The van der Waals surface area contributed by atoms with E-state index >= 15 is 0 Å². The van der Waals surface area contributed by atoms with Crippen molar-refractivity contribution in [1.82, 2.24) is 14.5 Å². The summed E-state index contributed by atoms with van der Waals surface area (Å²) in [6, 6.07) is 14.7. The van der Waals surface area contributed by atoms with E-state index < -0.39 is 0 Å². The molecular formula is C26H32BrN3O2. The Bertz CT molecular complexity index is 1120. The van der Waals surface area contributed by atoms with E-state index in [0.717, 1.165) is 35.8 Å². The van der Waals surface area contributed by atoms with E-state index in [4.69, 9.17) is 4.98 Å². The van der Waals surface area contributed by atoms with Gasteiger partial charge in [0.2, 0.25) is 5.91 Å². The second-order valence-electron chi connectivity index (χ2n) is 8.53. The van der Waals surface area contributed by atoms with E-state index in [0.29, 0.717) is 23.3 Å². The van der Waals surface area contributed by atoms with E-state index in [9.17, 15) is 9.59 Å². The molecule has 0 aliphatic rings. The quantitative estimate of drug-likeness (QED) is 0.327. The van der Waals surface area contributed by atoms with Crippen molar-refractivity contribution in [3.05, 3.63) is 69.2 Å². The molecule has 1 aromatic heterocycles. The Morgan fingerprint density at radius 3 is 2.38 bits per heavy atom. The Morgan fingerprint density at radius 2 is 1.72 bits per heavy atom. The van der Waals surface area contributed by atoms with Crippen LogP contribution in [0.2, 0.25) is 0 Å². The second-order valence-corrected chi connectivity index (χ2v) is 9.44. The largest absolute Gasteiger partial charge is 0.333 e. The van der Waals surface area contributed by atoms with Crippen LogP contribution in [-0.4, -0.2) is 26.9 Å². The summed E-state index contributed by atoms with van der Waals surface area (Å²) in [5.41, 5.74) is 1.26. The molecule has 0 N–H and O–H groups in total. The van der Waals surface area contributed by atoms with Crippen LogP contribution in [0.15, 0.2) is 57.8 Å². The summed E-state index contributed by atoms with van der Waals surface area (Å²) in [7, 11) is 0. The van der Waals surface area contributed by atoms with E-state index in [1.54, 1.807) is 10.6 Å². The molecule has 32 heavy (non-hydrogen) atoms. The maximum absolute atomic E-state index is 13.6. The average molecular weight is 498 g/mol. The molecule has 0 aliphatic heterocycles. The molecule has 6 heteroatoms. The third kappa shape index (κ3) is 5.29. The van der Waals surface area contributed by atoms with E-state index in [2.05, 4.69) is 22.9 Å². The number of carbonyl (C=O) groups excluding carboxylic acids is 1. The van der Waals surface area contributed by atoms with E-state index in [-0.39, 0.29) is 23.4 Å². The zero-order valence-electron chi connectivity index (χ0n) is 19.3. The highest BCUT2D eigenvalue weighted by Gasteiger charge is 2.27. The molecule has 0 bridgehead atoms. The van der Waals surface area contributed by atoms with E-state index in [1.807, 2.05) is 68.1 Å². The molecule has 0 fully saturated rings. The van der Waals surface area contributed by atoms with Gasteiger partial charge in [0.05, 0.1) is 22.6 Å². The average Bonchev–Trinajstić information content (AvgIpc) is 2.79. The number of amides is 1. The Balaban J connectivity index is 2.15. The lowest BCUT2D eigenvalue weighted by Gasteiger charge is -2.32. The highest BCUT2D eigenvalue weighted by molar-refractivity contribution is 9.10. The number of fused-ring (bicyclic) bond motifs is 1. The first-order valence-electron chi connectivity index (χ1n) is 11.4. The normalized spacial score (nSPS) is 12.3. The molecule has 0 aliphatic carbocycles. The first-order chi connectivity index (χ1) is 15.3. The molecule has 0 radical (unpaired) electrons. The number of benzene rings is 2. The number of aromatic nitrogens is 2. The number of rotatable bonds is 9. The first-order valence-corrected chi connectivity index (χ1v) is 12.2. The zero-order valence-corrected chi connectivity index (χ0v) is 20.9. The molecule has 170 valence electrons. The van der Waals surface area contributed by atoms with Crippen LogP contribution >= 0.6 is 15.9 Å². The number of hydrogen-bond donors (Lipinski definition) is 0. The smallest absolute Gasteiger partial charge is 0.266 e. The summed E-state index contributed by atoms with van der Waals surface area (Å²) in [6.07, 6.45) is 4.31. The highest BCUT2D eigenvalue weighted by atomic mass is 79.9. The molecule has 2 aromatic carbocycles. The minimum absolute atomic E-state index is 0.0822. The summed E-state index contributed by atoms with van der Waals surface area (Å²) in [5, 5.41) is 0.566. The van der Waals surface area contributed by atoms with Gasteiger partial charge in [-0.15, -0.1) is 0 Å². The minimum atomic E-state index is -0.340. The van der Waals surface area contributed by atoms with Gasteiger partial charge in [0.1, 0.15) is 5.82 Å². The third-order valence-corrected chi connectivity index (χ3v) is 6.29. The Morgan fingerprint density at radius 1 is 1.03 bits per heavy atom. The van der Waals surface area contributed by atoms with Gasteiger partial charge in [-0.3, -0.25) is 14.2 Å². The van der Waals surface area contributed by atoms with Crippen LogP contribution in [-0.2, 0) is 4.79 Å². The van der Waals surface area contributed by atoms with Crippen molar-refractivity contribution in [1.29, 1.82) is 0 Å². The maximum atomic E-state index is 13.6. The van der Waals surface area contributed by atoms with Gasteiger partial charge in [-0.25, -0.2) is 4.98 Å². The Hall–Kier alpha value is -2.47. The molecule has 1 heterocycles. The van der Waals surface area contributed by atoms with Crippen molar-refractivity contribution >= 4 is 32.7 Å². The predicted octanol–water partition coefficient (Wildman–Crippen LogP) is 6.27. The molecular weight excluding hydrogens is 466 g/mol. The number of para-hydroxylation sites is 1. The summed E-state index contributed by atoms with van der Waals surface area (Å²) in [4.78, 5) is 33.5. The SMILES string of the molecule is CCCCCCN(C(=O)C(C)C)C(C)c1nc2ccccc2c(=O)n1-c1ccc(Br)cc1. The molecule has 1 amide bonds. The number of unbranched alkanes of at least 4 members (excludes halogenated alkanes) is 3. The second kappa shape index (κ2) is 10.9. The number of nitrogens with zero attached hydrogens (tertiary/aromatic N) is 3. The van der Waals surface area contributed by atoms with Crippen molar-refractivity contribution < 1.29 is 4.79 Å². The maximum Gasteiger partial charge on any atom is 0.266 e. The zero-order chi connectivity index (χ0) is 23.3. The van der Waals surface area contributed by atoms with Crippen molar-refractivity contribution in [2.24, 2.45) is 5.92 Å². The lowest BCUT2D eigenvalue weighted by Crippen LogP contribution is -2.40. The topological polar surface area (TPSA) is 55.2 Å². The first kappa shape index (κ1) is 24.2. The Labute approximate surface area is 198 Å². The molecule has 3 aromatic rings. The molecule has 3 rings (SSSR count). The molecule has 1 unspecified atom stereocenters. The molecule has 0 spiro atoms. The fraction of sp³-hybridized carbons (Fsp3) is 0.423. The summed E-state index contributed by atoms with van der Waals surface area (Å²) in [5.74, 6) is 0.538. The van der Waals surface area contributed by atoms with Crippen molar-refractivity contribution in [3.8, 4) is 5.69 Å². The molecule has 0 saturated heterocycles. The van der Waals surface area contributed by atoms with Crippen molar-refractivity contribution in [3.63, 3.8) is 0 Å². The van der Waals surface area contributed by atoms with Crippen LogP contribution in [0.5, 0.6) is 0 Å². The van der Waals surface area contributed by atoms with Crippen molar-refractivity contribution in [2.45, 2.75) is 59.4 Å². The fourth-order valence-corrected chi connectivity index (χ4v) is 4.21. The minimum Gasteiger partial charge on any atom is -0.333 e. The van der Waals surface area contributed by atoms with Gasteiger partial charge in [-0.05, 0) is 49.7 Å². The highest BCUT2D eigenvalue weighted by Crippen LogP contribution is 2.25. The number of hydrogen-bond acceptors (Lipinski definition) is 3. The summed E-state index contributed by atoms with van der Waals surface area (Å²) in [6.45, 7) is 8.65. The lowest BCUT2D eigenvalue weighted by atomic mass is 10.1. The van der Waals surface area contributed by atoms with Crippen molar-refractivity contribution in [2.75, 3.05) is 6.54 Å². The van der Waals surface area contributed by atoms with Gasteiger partial charge in [0, 0.05) is 16.9 Å². The van der Waals surface area contributed by atoms with Crippen LogP contribution in [0.25, 0.3) is 16.6 Å². The Kier molecular flexibility index (Phi) is 8.24. The van der Waals surface area contributed by atoms with Gasteiger partial charge in [-0.1, -0.05) is 68.1 Å². The molecule has 1 atom stereocenters. The van der Waals surface area contributed by atoms with Gasteiger partial charge >= 0.3 is 0 Å². The molecule has 0 saturated carbocycles. The van der Waals surface area contributed by atoms with E-state index in [1.165, 1.54) is 0 Å². The van der Waals surface area contributed by atoms with Gasteiger partial charge in [0.25, 0.3) is 5.56 Å². The van der Waals surface area contributed by atoms with Crippen LogP contribution in [0.3, 0.4) is 0 Å². The van der Waals surface area contributed by atoms with Crippen LogP contribution in [0.4, 0.5) is 0 Å².